The van der Waals surface area contributed by atoms with Gasteiger partial charge < -0.3 is 9.47 Å². The maximum absolute atomic E-state index is 12.2. The van der Waals surface area contributed by atoms with E-state index in [1.54, 1.807) is 11.6 Å². The summed E-state index contributed by atoms with van der Waals surface area (Å²) in [7, 11) is 1.84. The molecule has 2 heterocycles. The molecule has 0 aromatic carbocycles. The molecule has 0 aliphatic rings. The van der Waals surface area contributed by atoms with Gasteiger partial charge in [0.15, 0.2) is 5.52 Å². The summed E-state index contributed by atoms with van der Waals surface area (Å²) < 4.78 is 12.1. The van der Waals surface area contributed by atoms with Crippen molar-refractivity contribution >= 4 is 28.8 Å². The molecule has 8 heteroatoms. The number of hydrogen-bond acceptors (Lipinski definition) is 7. The van der Waals surface area contributed by atoms with E-state index in [4.69, 9.17) is 9.47 Å². The predicted molar refractivity (Wildman–Crippen MR) is 112 cm³/mol. The highest BCUT2D eigenvalue weighted by molar-refractivity contribution is 8.01. The van der Waals surface area contributed by atoms with Gasteiger partial charge >= 0.3 is 5.97 Å². The number of nitrogens with zero attached hydrogens (tertiary/aromatic N) is 4. The number of ether oxygens (including phenoxy) is 2. The number of thioether (sulfide) groups is 1. The van der Waals surface area contributed by atoms with Crippen LogP contribution < -0.4 is 4.74 Å². The molecule has 0 atom stereocenters. The Labute approximate surface area is 171 Å². The van der Waals surface area contributed by atoms with Gasteiger partial charge in [0.25, 0.3) is 0 Å². The van der Waals surface area contributed by atoms with Gasteiger partial charge in [-0.25, -0.2) is 14.6 Å². The van der Waals surface area contributed by atoms with Crippen LogP contribution in [0.3, 0.4) is 0 Å². The first-order chi connectivity index (χ1) is 13.4. The standard InChI is InChI=1S/C20H32N4O3S/c1-6-8-9-10-11-12-13-27-18-16-15(23-24(18)5)17(22-14-21-16)28-20(3,4)19(25)26-7-2/h14H,6-13H2,1-5H3. The number of carbonyl (C=O) groups is 1. The van der Waals surface area contributed by atoms with E-state index in [1.807, 2.05) is 20.9 Å². The van der Waals surface area contributed by atoms with Gasteiger partial charge in [-0.1, -0.05) is 50.8 Å². The van der Waals surface area contributed by atoms with Crippen LogP contribution in [0.25, 0.3) is 11.0 Å². The SMILES string of the molecule is CCCCCCCCOc1c2ncnc(SC(C)(C)C(=O)OCC)c2nn1C. The third-order valence-corrected chi connectivity index (χ3v) is 5.56. The van der Waals surface area contributed by atoms with Crippen LogP contribution in [0.1, 0.15) is 66.2 Å². The number of aromatic nitrogens is 4. The fourth-order valence-corrected chi connectivity index (χ4v) is 3.79. The summed E-state index contributed by atoms with van der Waals surface area (Å²) in [5, 5.41) is 5.18. The molecule has 2 aromatic heterocycles. The van der Waals surface area contributed by atoms with Crippen molar-refractivity contribution in [2.75, 3.05) is 13.2 Å². The van der Waals surface area contributed by atoms with Crippen molar-refractivity contribution in [1.29, 1.82) is 0 Å². The highest BCUT2D eigenvalue weighted by Gasteiger charge is 2.32. The lowest BCUT2D eigenvalue weighted by Gasteiger charge is -2.20. The van der Waals surface area contributed by atoms with Crippen molar-refractivity contribution in [1.82, 2.24) is 19.7 Å². The van der Waals surface area contributed by atoms with Crippen molar-refractivity contribution < 1.29 is 14.3 Å². The zero-order chi connectivity index (χ0) is 20.6. The molecule has 0 unspecified atom stereocenters. The second-order valence-electron chi connectivity index (χ2n) is 7.25. The second kappa shape index (κ2) is 10.6. The third-order valence-electron chi connectivity index (χ3n) is 4.39. The minimum Gasteiger partial charge on any atom is -0.476 e. The molecule has 156 valence electrons. The predicted octanol–water partition coefficient (Wildman–Crippen LogP) is 4.54. The highest BCUT2D eigenvalue weighted by Crippen LogP contribution is 2.37. The van der Waals surface area contributed by atoms with Crippen LogP contribution in [0.5, 0.6) is 5.88 Å². The number of fused-ring (bicyclic) bond motifs is 1. The Morgan fingerprint density at radius 1 is 1.11 bits per heavy atom. The van der Waals surface area contributed by atoms with Gasteiger partial charge in [-0.15, -0.1) is 0 Å². The van der Waals surface area contributed by atoms with E-state index < -0.39 is 4.75 Å². The quantitative estimate of drug-likeness (QED) is 0.221. The molecule has 2 rings (SSSR count). The summed E-state index contributed by atoms with van der Waals surface area (Å²) in [6, 6.07) is 0. The van der Waals surface area contributed by atoms with E-state index in [2.05, 4.69) is 22.0 Å². The number of aryl methyl sites for hydroxylation is 1. The van der Waals surface area contributed by atoms with Crippen molar-refractivity contribution in [2.24, 2.45) is 7.05 Å². The van der Waals surface area contributed by atoms with Crippen LogP contribution in [0.4, 0.5) is 0 Å². The van der Waals surface area contributed by atoms with E-state index in [1.165, 1.54) is 50.2 Å². The first kappa shape index (κ1) is 22.5. The molecular weight excluding hydrogens is 376 g/mol. The molecule has 2 aromatic rings. The summed E-state index contributed by atoms with van der Waals surface area (Å²) in [5.41, 5.74) is 1.32. The minimum atomic E-state index is -0.770. The monoisotopic (exact) mass is 408 g/mol. The van der Waals surface area contributed by atoms with Gasteiger partial charge in [0.05, 0.1) is 13.2 Å². The van der Waals surface area contributed by atoms with Gasteiger partial charge in [-0.3, -0.25) is 4.79 Å². The lowest BCUT2D eigenvalue weighted by atomic mass is 10.1. The average molecular weight is 409 g/mol. The summed E-state index contributed by atoms with van der Waals surface area (Å²) in [5.74, 6) is 0.365. The van der Waals surface area contributed by atoms with Gasteiger partial charge in [-0.2, -0.15) is 5.10 Å². The Kier molecular flexibility index (Phi) is 8.54. The number of hydrogen-bond donors (Lipinski definition) is 0. The van der Waals surface area contributed by atoms with Crippen molar-refractivity contribution in [3.8, 4) is 5.88 Å². The second-order valence-corrected chi connectivity index (χ2v) is 8.87. The van der Waals surface area contributed by atoms with E-state index in [0.29, 0.717) is 35.2 Å². The average Bonchev–Trinajstić information content (AvgIpc) is 2.97. The number of rotatable bonds is 12. The van der Waals surface area contributed by atoms with E-state index in [9.17, 15) is 4.79 Å². The van der Waals surface area contributed by atoms with Gasteiger partial charge in [0.1, 0.15) is 21.6 Å². The molecule has 0 radical (unpaired) electrons. The van der Waals surface area contributed by atoms with Crippen LogP contribution in [-0.2, 0) is 16.6 Å². The molecule has 0 saturated heterocycles. The van der Waals surface area contributed by atoms with Crippen LogP contribution in [0, 0.1) is 0 Å². The van der Waals surface area contributed by atoms with E-state index in [0.717, 1.165) is 6.42 Å². The molecule has 0 aliphatic carbocycles. The van der Waals surface area contributed by atoms with Gasteiger partial charge in [0, 0.05) is 7.05 Å². The van der Waals surface area contributed by atoms with E-state index in [-0.39, 0.29) is 5.97 Å². The molecule has 0 bridgehead atoms. The van der Waals surface area contributed by atoms with Gasteiger partial charge in [0.2, 0.25) is 5.88 Å². The van der Waals surface area contributed by atoms with Crippen LogP contribution in [0.2, 0.25) is 0 Å². The summed E-state index contributed by atoms with van der Waals surface area (Å²) in [4.78, 5) is 20.9. The van der Waals surface area contributed by atoms with Crippen molar-refractivity contribution in [2.45, 2.75) is 76.0 Å². The van der Waals surface area contributed by atoms with Gasteiger partial charge in [-0.05, 0) is 27.2 Å². The lowest BCUT2D eigenvalue weighted by molar-refractivity contribution is -0.145. The lowest BCUT2D eigenvalue weighted by Crippen LogP contribution is -2.30. The summed E-state index contributed by atoms with van der Waals surface area (Å²) in [6.07, 6.45) is 8.76. The Morgan fingerprint density at radius 3 is 2.54 bits per heavy atom. The topological polar surface area (TPSA) is 79.1 Å². The Balaban J connectivity index is 2.07. The van der Waals surface area contributed by atoms with Crippen molar-refractivity contribution in [3.63, 3.8) is 0 Å². The summed E-state index contributed by atoms with van der Waals surface area (Å²) >= 11 is 1.33. The molecule has 7 nitrogen and oxygen atoms in total. The molecular formula is C20H32N4O3S. The molecule has 0 aliphatic heterocycles. The minimum absolute atomic E-state index is 0.276. The zero-order valence-corrected chi connectivity index (χ0v) is 18.5. The van der Waals surface area contributed by atoms with Crippen LogP contribution >= 0.6 is 11.8 Å². The highest BCUT2D eigenvalue weighted by atomic mass is 32.2. The normalized spacial score (nSPS) is 11.8. The third kappa shape index (κ3) is 5.83. The molecule has 28 heavy (non-hydrogen) atoms. The molecule has 0 N–H and O–H groups in total. The first-order valence-corrected chi connectivity index (χ1v) is 10.9. The molecule has 0 fully saturated rings. The molecule has 0 amide bonds. The number of unbranched alkanes of at least 4 members (excludes halogenated alkanes) is 5. The van der Waals surface area contributed by atoms with Crippen LogP contribution in [-0.4, -0.2) is 43.7 Å². The zero-order valence-electron chi connectivity index (χ0n) is 17.7. The molecule has 0 saturated carbocycles. The molecule has 0 spiro atoms. The maximum atomic E-state index is 12.2. The fraction of sp³-hybridized carbons (Fsp3) is 0.700. The maximum Gasteiger partial charge on any atom is 0.322 e. The number of carbonyl (C=O) groups excluding carboxylic acids is 1. The van der Waals surface area contributed by atoms with Crippen molar-refractivity contribution in [3.05, 3.63) is 6.33 Å². The number of esters is 1. The summed E-state index contributed by atoms with van der Waals surface area (Å²) in [6.45, 7) is 8.65. The fourth-order valence-electron chi connectivity index (χ4n) is 2.83. The first-order valence-electron chi connectivity index (χ1n) is 10.1. The largest absolute Gasteiger partial charge is 0.476 e. The van der Waals surface area contributed by atoms with Crippen LogP contribution in [0.15, 0.2) is 11.4 Å². The Bertz CT molecular complexity index is 776. The Morgan fingerprint density at radius 2 is 1.82 bits per heavy atom. The smallest absolute Gasteiger partial charge is 0.322 e. The van der Waals surface area contributed by atoms with E-state index >= 15 is 0 Å². The Hall–Kier alpha value is -1.83.